The SMILES string of the molecule is CC[C@]1(C(=O)OC)CCCC[C@@H]1N.CC[C@]1(C(=O)OC)CCCC[C@@H]1Nc1nc(Cl)ncc1F.Cl.Fc1cnc(Cl)nc1Cl. The maximum absolute atomic E-state index is 13.8. The molecule has 2 saturated carbocycles. The number of nitrogens with zero attached hydrogens (tertiary/aromatic N) is 4. The van der Waals surface area contributed by atoms with E-state index in [1.54, 1.807) is 0 Å². The number of anilines is 1. The van der Waals surface area contributed by atoms with E-state index in [4.69, 9.17) is 50.0 Å². The number of carbonyl (C=O) groups is 2. The number of ether oxygens (including phenoxy) is 2. The fourth-order valence-corrected chi connectivity index (χ4v) is 6.15. The second kappa shape index (κ2) is 18.8. The maximum Gasteiger partial charge on any atom is 0.313 e. The molecule has 0 amide bonds. The van der Waals surface area contributed by atoms with Crippen LogP contribution in [0.1, 0.15) is 78.1 Å². The van der Waals surface area contributed by atoms with Gasteiger partial charge in [0.25, 0.3) is 0 Å². The molecule has 0 saturated heterocycles. The van der Waals surface area contributed by atoms with Crippen LogP contribution in [0.2, 0.25) is 15.7 Å². The number of methoxy groups -OCH3 is 2. The number of esters is 2. The van der Waals surface area contributed by atoms with E-state index >= 15 is 0 Å². The molecule has 2 fully saturated rings. The summed E-state index contributed by atoms with van der Waals surface area (Å²) in [5.41, 5.74) is 4.95. The summed E-state index contributed by atoms with van der Waals surface area (Å²) in [6.45, 7) is 3.96. The van der Waals surface area contributed by atoms with Gasteiger partial charge in [-0.2, -0.15) is 4.98 Å². The lowest BCUT2D eigenvalue weighted by Crippen LogP contribution is -2.49. The Hall–Kier alpha value is -2.12. The first-order chi connectivity index (χ1) is 20.4. The Balaban J connectivity index is 0.000000359. The summed E-state index contributed by atoms with van der Waals surface area (Å²) in [5.74, 6) is -1.60. The molecule has 2 aliphatic carbocycles. The average Bonchev–Trinajstić information content (AvgIpc) is 3.01. The van der Waals surface area contributed by atoms with E-state index in [9.17, 15) is 18.4 Å². The third kappa shape index (κ3) is 9.94. The summed E-state index contributed by atoms with van der Waals surface area (Å²) in [6.07, 6.45) is 10.8. The summed E-state index contributed by atoms with van der Waals surface area (Å²) in [5, 5.41) is 2.69. The predicted octanol–water partition coefficient (Wildman–Crippen LogP) is 6.99. The van der Waals surface area contributed by atoms with Crippen LogP contribution in [-0.4, -0.2) is 58.2 Å². The highest BCUT2D eigenvalue weighted by Gasteiger charge is 2.47. The minimum Gasteiger partial charge on any atom is -0.469 e. The van der Waals surface area contributed by atoms with Crippen LogP contribution in [0, 0.1) is 22.5 Å². The summed E-state index contributed by atoms with van der Waals surface area (Å²) in [4.78, 5) is 38.0. The molecule has 0 bridgehead atoms. The van der Waals surface area contributed by atoms with Crippen LogP contribution in [0.3, 0.4) is 0 Å². The topological polar surface area (TPSA) is 142 Å². The van der Waals surface area contributed by atoms with Crippen molar-refractivity contribution in [2.75, 3.05) is 19.5 Å². The molecule has 0 unspecified atom stereocenters. The molecule has 2 aliphatic rings. The van der Waals surface area contributed by atoms with Crippen LogP contribution >= 0.6 is 47.2 Å². The largest absolute Gasteiger partial charge is 0.469 e. The number of nitrogens with one attached hydrogen (secondary N) is 1. The highest BCUT2D eigenvalue weighted by Crippen LogP contribution is 2.42. The summed E-state index contributed by atoms with van der Waals surface area (Å²) in [7, 11) is 2.83. The van der Waals surface area contributed by atoms with Crippen molar-refractivity contribution >= 4 is 65.0 Å². The van der Waals surface area contributed by atoms with E-state index < -0.39 is 22.5 Å². The quantitative estimate of drug-likeness (QED) is 0.184. The molecule has 10 nitrogen and oxygen atoms in total. The van der Waals surface area contributed by atoms with Crippen LogP contribution in [0.4, 0.5) is 14.6 Å². The molecule has 2 aromatic heterocycles. The second-order valence-corrected chi connectivity index (χ2v) is 11.4. The van der Waals surface area contributed by atoms with E-state index in [1.165, 1.54) is 14.2 Å². The molecule has 16 heteroatoms. The van der Waals surface area contributed by atoms with Gasteiger partial charge in [-0.3, -0.25) is 9.59 Å². The fourth-order valence-electron chi connectivity index (χ4n) is 5.71. The van der Waals surface area contributed by atoms with Gasteiger partial charge in [0.15, 0.2) is 22.6 Å². The van der Waals surface area contributed by atoms with Crippen molar-refractivity contribution < 1.29 is 27.8 Å². The molecule has 4 rings (SSSR count). The lowest BCUT2D eigenvalue weighted by molar-refractivity contribution is -0.157. The molecule has 3 N–H and O–H groups in total. The van der Waals surface area contributed by atoms with Gasteiger partial charge in [-0.25, -0.2) is 23.7 Å². The van der Waals surface area contributed by atoms with Gasteiger partial charge in [0.2, 0.25) is 10.6 Å². The van der Waals surface area contributed by atoms with Gasteiger partial charge in [-0.05, 0) is 61.7 Å². The van der Waals surface area contributed by atoms with E-state index in [1.807, 2.05) is 13.8 Å². The number of aromatic nitrogens is 4. The Kier molecular flexibility index (Phi) is 17.0. The smallest absolute Gasteiger partial charge is 0.313 e. The zero-order valence-electron chi connectivity index (χ0n) is 25.2. The number of hydrogen-bond donors (Lipinski definition) is 2. The number of nitrogens with two attached hydrogens (primary N) is 1. The molecule has 0 aromatic carbocycles. The van der Waals surface area contributed by atoms with Crippen molar-refractivity contribution in [1.82, 2.24) is 19.9 Å². The zero-order chi connectivity index (χ0) is 32.2. The lowest BCUT2D eigenvalue weighted by atomic mass is 9.68. The Morgan fingerprint density at radius 1 is 0.886 bits per heavy atom. The van der Waals surface area contributed by atoms with Crippen LogP contribution < -0.4 is 11.1 Å². The van der Waals surface area contributed by atoms with E-state index in [0.717, 1.165) is 63.8 Å². The van der Waals surface area contributed by atoms with E-state index in [0.29, 0.717) is 12.8 Å². The molecule has 44 heavy (non-hydrogen) atoms. The monoisotopic (exact) mass is 702 g/mol. The van der Waals surface area contributed by atoms with Crippen LogP contribution in [-0.2, 0) is 19.1 Å². The van der Waals surface area contributed by atoms with Crippen molar-refractivity contribution in [3.05, 3.63) is 39.7 Å². The molecular weight excluding hydrogens is 664 g/mol. The first kappa shape index (κ1) is 39.9. The molecule has 248 valence electrons. The van der Waals surface area contributed by atoms with Gasteiger partial charge in [-0.1, -0.05) is 51.1 Å². The first-order valence-corrected chi connectivity index (χ1v) is 15.2. The van der Waals surface area contributed by atoms with Crippen molar-refractivity contribution in [3.63, 3.8) is 0 Å². The minimum atomic E-state index is -0.666. The lowest BCUT2D eigenvalue weighted by Gasteiger charge is -2.41. The Morgan fingerprint density at radius 3 is 1.89 bits per heavy atom. The van der Waals surface area contributed by atoms with Crippen LogP contribution in [0.5, 0.6) is 0 Å². The molecule has 0 aliphatic heterocycles. The first-order valence-electron chi connectivity index (χ1n) is 14.1. The van der Waals surface area contributed by atoms with Gasteiger partial charge in [0.05, 0.1) is 37.4 Å². The normalized spacial score (nSPS) is 24.2. The maximum atomic E-state index is 13.8. The Morgan fingerprint density at radius 2 is 1.39 bits per heavy atom. The number of carbonyl (C=O) groups excluding carboxylic acids is 2. The number of hydrogen-bond acceptors (Lipinski definition) is 10. The van der Waals surface area contributed by atoms with Crippen molar-refractivity contribution in [2.24, 2.45) is 16.6 Å². The fraction of sp³-hybridized carbons (Fsp3) is 0.643. The van der Waals surface area contributed by atoms with Crippen molar-refractivity contribution in [1.29, 1.82) is 0 Å². The summed E-state index contributed by atoms with van der Waals surface area (Å²) in [6, 6.07) is -0.247. The second-order valence-electron chi connectivity index (χ2n) is 10.4. The molecule has 4 atom stereocenters. The zero-order valence-corrected chi connectivity index (χ0v) is 28.3. The standard InChI is InChI=1S/C14H19ClFN3O2.C10H19NO2.C4HCl2FN2.ClH/c1-3-14(12(20)21-2)7-5-4-6-10(14)18-11-9(16)8-17-13(15)19-11;1-3-10(9(12)13-2)7-5-4-6-8(10)11;5-3-2(7)1-8-4(6)9-3;/h8,10H,3-7H2,1-2H3,(H,17,18,19);8H,3-7,11H2,1-2H3;1H;1H/t10-,14-;8-,10-;;/m00../s1. The molecule has 0 radical (unpaired) electrons. The van der Waals surface area contributed by atoms with E-state index in [2.05, 4.69) is 25.3 Å². The van der Waals surface area contributed by atoms with Crippen molar-refractivity contribution in [3.8, 4) is 0 Å². The van der Waals surface area contributed by atoms with Crippen LogP contribution in [0.15, 0.2) is 12.4 Å². The third-order valence-electron chi connectivity index (χ3n) is 8.27. The molecule has 2 aromatic rings. The molecule has 2 heterocycles. The van der Waals surface area contributed by atoms with Gasteiger partial charge < -0.3 is 20.5 Å². The highest BCUT2D eigenvalue weighted by atomic mass is 35.5. The summed E-state index contributed by atoms with van der Waals surface area (Å²) >= 11 is 16.2. The minimum absolute atomic E-state index is 0. The van der Waals surface area contributed by atoms with Crippen molar-refractivity contribution in [2.45, 2.75) is 90.1 Å². The van der Waals surface area contributed by atoms with Crippen LogP contribution in [0.25, 0.3) is 0 Å². The average molecular weight is 704 g/mol. The predicted molar refractivity (Wildman–Crippen MR) is 168 cm³/mol. The summed E-state index contributed by atoms with van der Waals surface area (Å²) < 4.78 is 35.8. The number of halogens is 6. The van der Waals surface area contributed by atoms with Gasteiger partial charge in [-0.15, -0.1) is 12.4 Å². The number of rotatable bonds is 6. The Bertz CT molecular complexity index is 1240. The van der Waals surface area contributed by atoms with Gasteiger partial charge in [0, 0.05) is 12.1 Å². The van der Waals surface area contributed by atoms with Gasteiger partial charge in [0.1, 0.15) is 0 Å². The van der Waals surface area contributed by atoms with Gasteiger partial charge >= 0.3 is 11.9 Å². The molecule has 0 spiro atoms. The third-order valence-corrected chi connectivity index (χ3v) is 8.90. The highest BCUT2D eigenvalue weighted by molar-refractivity contribution is 6.31. The van der Waals surface area contributed by atoms with E-state index in [-0.39, 0.29) is 58.0 Å². The molecular formula is C28H40Cl4F2N6O4. The Labute approximate surface area is 277 Å².